The van der Waals surface area contributed by atoms with Gasteiger partial charge in [-0.15, -0.1) is 0 Å². The molecule has 3 aromatic heterocycles. The van der Waals surface area contributed by atoms with Crippen LogP contribution < -0.4 is 14.9 Å². The molecule has 0 aliphatic rings. The second kappa shape index (κ2) is 8.04. The van der Waals surface area contributed by atoms with Gasteiger partial charge in [-0.05, 0) is 37.3 Å². The molecular weight excluding hydrogens is 438 g/mol. The van der Waals surface area contributed by atoms with Gasteiger partial charge in [0.05, 0.1) is 14.2 Å². The molecule has 0 radical (unpaired) electrons. The first kappa shape index (κ1) is 21.2. The number of rotatable bonds is 5. The molecule has 9 heteroatoms. The number of H-pyrrole nitrogens is 2. The maximum Gasteiger partial charge on any atom is 0.227 e. The summed E-state index contributed by atoms with van der Waals surface area (Å²) in [6.45, 7) is 1.62. The summed E-state index contributed by atoms with van der Waals surface area (Å²) in [5.74, 6) is 1.19. The molecule has 34 heavy (non-hydrogen) atoms. The first-order chi connectivity index (χ1) is 16.4. The molecule has 0 amide bonds. The lowest BCUT2D eigenvalue weighted by Crippen LogP contribution is -2.01. The number of phenolic OH excluding ortho intramolecular Hbond substituents is 1. The van der Waals surface area contributed by atoms with Crippen LogP contribution >= 0.6 is 0 Å². The van der Waals surface area contributed by atoms with Gasteiger partial charge in [0, 0.05) is 40.4 Å². The number of nitrogens with zero attached hydrogens (tertiary/aromatic N) is 1. The van der Waals surface area contributed by atoms with Gasteiger partial charge >= 0.3 is 0 Å². The van der Waals surface area contributed by atoms with Crippen molar-refractivity contribution in [3.63, 3.8) is 0 Å². The number of methoxy groups -OCH3 is 2. The topological polar surface area (TPSA) is 134 Å². The Morgan fingerprint density at radius 1 is 1.03 bits per heavy atom. The van der Waals surface area contributed by atoms with Crippen molar-refractivity contribution in [2.24, 2.45) is 0 Å². The van der Waals surface area contributed by atoms with Crippen LogP contribution in [-0.4, -0.2) is 39.4 Å². The number of hydrogen-bond donors (Lipinski definition) is 4. The van der Waals surface area contributed by atoms with Gasteiger partial charge in [-0.3, -0.25) is 4.79 Å². The summed E-state index contributed by atoms with van der Waals surface area (Å²) >= 11 is 0. The predicted molar refractivity (Wildman–Crippen MR) is 126 cm³/mol. The van der Waals surface area contributed by atoms with Crippen LogP contribution in [0.3, 0.4) is 0 Å². The summed E-state index contributed by atoms with van der Waals surface area (Å²) in [6, 6.07) is 11.6. The standard InChI is InChI=1S/C25H21N3O6/c1-12-8-19(30)23(31)24(34-12)22-21(13-4-7-18(29)20(9-13)33-3)27-25(28-22)16-11-26-17-10-14(32-2)5-6-15(16)17/h4-11,26,29,31H,1-3H3,(H,27,28). The van der Waals surface area contributed by atoms with Crippen LogP contribution in [0.5, 0.6) is 23.0 Å². The lowest BCUT2D eigenvalue weighted by atomic mass is 10.1. The van der Waals surface area contributed by atoms with Gasteiger partial charge in [0.2, 0.25) is 11.2 Å². The fourth-order valence-corrected chi connectivity index (χ4v) is 3.90. The third kappa shape index (κ3) is 3.43. The number of fused-ring (bicyclic) bond motifs is 1. The van der Waals surface area contributed by atoms with E-state index in [1.165, 1.54) is 19.2 Å². The zero-order chi connectivity index (χ0) is 24.0. The van der Waals surface area contributed by atoms with E-state index in [0.717, 1.165) is 16.5 Å². The SMILES string of the molecule is COc1ccc2c(-c3nc(-c4ccc(O)c(OC)c4)c(-c4oc(C)cc(=O)c4O)[nH]3)c[nH]c2c1. The molecule has 4 N–H and O–H groups in total. The van der Waals surface area contributed by atoms with Crippen LogP contribution in [-0.2, 0) is 0 Å². The lowest BCUT2D eigenvalue weighted by Gasteiger charge is -2.08. The van der Waals surface area contributed by atoms with Crippen molar-refractivity contribution in [3.05, 3.63) is 64.6 Å². The zero-order valence-electron chi connectivity index (χ0n) is 18.6. The minimum absolute atomic E-state index is 0.0286. The summed E-state index contributed by atoms with van der Waals surface area (Å²) in [7, 11) is 3.05. The number of phenols is 1. The van der Waals surface area contributed by atoms with Gasteiger partial charge in [0.15, 0.2) is 17.3 Å². The Bertz CT molecular complexity index is 1590. The number of aryl methyl sites for hydroxylation is 1. The molecule has 172 valence electrons. The van der Waals surface area contributed by atoms with Crippen LogP contribution in [0.25, 0.3) is 45.0 Å². The summed E-state index contributed by atoms with van der Waals surface area (Å²) in [5, 5.41) is 21.5. The van der Waals surface area contributed by atoms with E-state index in [0.29, 0.717) is 34.3 Å². The van der Waals surface area contributed by atoms with Crippen molar-refractivity contribution < 1.29 is 24.1 Å². The number of hydrogen-bond acceptors (Lipinski definition) is 7. The van der Waals surface area contributed by atoms with Crippen molar-refractivity contribution >= 4 is 10.9 Å². The molecule has 0 aliphatic heterocycles. The van der Waals surface area contributed by atoms with E-state index in [9.17, 15) is 15.0 Å². The van der Waals surface area contributed by atoms with E-state index in [2.05, 4.69) is 9.97 Å². The Hall–Kier alpha value is -4.66. The van der Waals surface area contributed by atoms with Crippen LogP contribution in [0.2, 0.25) is 0 Å². The number of ether oxygens (including phenoxy) is 2. The van der Waals surface area contributed by atoms with Gasteiger partial charge in [0.1, 0.15) is 28.7 Å². The van der Waals surface area contributed by atoms with E-state index in [-0.39, 0.29) is 17.3 Å². The molecule has 2 aromatic carbocycles. The number of benzene rings is 2. The van der Waals surface area contributed by atoms with E-state index in [4.69, 9.17) is 18.9 Å². The summed E-state index contributed by atoms with van der Waals surface area (Å²) in [5.41, 5.74) is 2.35. The molecule has 0 spiro atoms. The highest BCUT2D eigenvalue weighted by Crippen LogP contribution is 2.40. The number of imidazole rings is 1. The van der Waals surface area contributed by atoms with Crippen LogP contribution in [0.4, 0.5) is 0 Å². The van der Waals surface area contributed by atoms with Crippen molar-refractivity contribution in [1.29, 1.82) is 0 Å². The quantitative estimate of drug-likeness (QED) is 0.302. The molecular formula is C25H21N3O6. The second-order valence-electron chi connectivity index (χ2n) is 7.71. The molecule has 0 aliphatic carbocycles. The molecule has 5 aromatic rings. The average molecular weight is 459 g/mol. The fraction of sp³-hybridized carbons (Fsp3) is 0.120. The van der Waals surface area contributed by atoms with E-state index < -0.39 is 11.2 Å². The minimum Gasteiger partial charge on any atom is -0.504 e. The van der Waals surface area contributed by atoms with Crippen molar-refractivity contribution in [2.45, 2.75) is 6.92 Å². The second-order valence-corrected chi connectivity index (χ2v) is 7.71. The van der Waals surface area contributed by atoms with Gasteiger partial charge in [-0.25, -0.2) is 4.98 Å². The van der Waals surface area contributed by atoms with Crippen LogP contribution in [0.1, 0.15) is 5.76 Å². The largest absolute Gasteiger partial charge is 0.504 e. The number of aromatic nitrogens is 3. The predicted octanol–water partition coefficient (Wildman–Crippen LogP) is 4.58. The summed E-state index contributed by atoms with van der Waals surface area (Å²) < 4.78 is 16.3. The number of aromatic amines is 2. The highest BCUT2D eigenvalue weighted by Gasteiger charge is 2.23. The number of nitrogens with one attached hydrogen (secondary N) is 2. The van der Waals surface area contributed by atoms with Crippen LogP contribution in [0.15, 0.2) is 57.9 Å². The Morgan fingerprint density at radius 3 is 2.62 bits per heavy atom. The maximum absolute atomic E-state index is 12.3. The molecule has 0 bridgehead atoms. The number of aromatic hydroxyl groups is 2. The molecule has 0 saturated heterocycles. The van der Waals surface area contributed by atoms with Gasteiger partial charge < -0.3 is 34.1 Å². The van der Waals surface area contributed by atoms with Crippen molar-refractivity contribution in [2.75, 3.05) is 14.2 Å². The van der Waals surface area contributed by atoms with E-state index in [1.807, 2.05) is 18.2 Å². The van der Waals surface area contributed by atoms with E-state index >= 15 is 0 Å². The Balaban J connectivity index is 1.77. The molecule has 0 atom stereocenters. The Kier molecular flexibility index (Phi) is 5.01. The first-order valence-electron chi connectivity index (χ1n) is 10.4. The molecule has 0 unspecified atom stereocenters. The van der Waals surface area contributed by atoms with Gasteiger partial charge in [-0.1, -0.05) is 0 Å². The van der Waals surface area contributed by atoms with Crippen LogP contribution in [0, 0.1) is 6.92 Å². The van der Waals surface area contributed by atoms with Crippen molar-refractivity contribution in [3.8, 4) is 57.1 Å². The molecule has 3 heterocycles. The maximum atomic E-state index is 12.3. The monoisotopic (exact) mass is 459 g/mol. The highest BCUT2D eigenvalue weighted by molar-refractivity contribution is 5.96. The summed E-state index contributed by atoms with van der Waals surface area (Å²) in [4.78, 5) is 23.5. The average Bonchev–Trinajstić information content (AvgIpc) is 3.45. The molecule has 5 rings (SSSR count). The Labute approximate surface area is 193 Å². The molecule has 0 fully saturated rings. The smallest absolute Gasteiger partial charge is 0.227 e. The lowest BCUT2D eigenvalue weighted by molar-refractivity contribution is 0.373. The van der Waals surface area contributed by atoms with Gasteiger partial charge in [-0.2, -0.15) is 0 Å². The molecule has 9 nitrogen and oxygen atoms in total. The van der Waals surface area contributed by atoms with Crippen molar-refractivity contribution in [1.82, 2.24) is 15.0 Å². The third-order valence-electron chi connectivity index (χ3n) is 5.57. The minimum atomic E-state index is -0.566. The summed E-state index contributed by atoms with van der Waals surface area (Å²) in [6.07, 6.45) is 1.81. The molecule has 0 saturated carbocycles. The fourth-order valence-electron chi connectivity index (χ4n) is 3.90. The van der Waals surface area contributed by atoms with E-state index in [1.54, 1.807) is 32.4 Å². The normalized spacial score (nSPS) is 11.1. The Morgan fingerprint density at radius 2 is 1.85 bits per heavy atom. The highest BCUT2D eigenvalue weighted by atomic mass is 16.5. The zero-order valence-corrected chi connectivity index (χ0v) is 18.6. The third-order valence-corrected chi connectivity index (χ3v) is 5.57. The first-order valence-corrected chi connectivity index (χ1v) is 10.4. The van der Waals surface area contributed by atoms with Gasteiger partial charge in [0.25, 0.3) is 0 Å².